The van der Waals surface area contributed by atoms with E-state index in [0.29, 0.717) is 11.8 Å². The van der Waals surface area contributed by atoms with Gasteiger partial charge < -0.3 is 24.8 Å². The van der Waals surface area contributed by atoms with Crippen LogP contribution in [0, 0.1) is 0 Å². The van der Waals surface area contributed by atoms with E-state index >= 15 is 0 Å². The maximum Gasteiger partial charge on any atom is 0.414 e. The van der Waals surface area contributed by atoms with Crippen LogP contribution < -0.4 is 0 Å². The van der Waals surface area contributed by atoms with Gasteiger partial charge in [-0.1, -0.05) is 17.7 Å². The zero-order valence-corrected chi connectivity index (χ0v) is 21.7. The Morgan fingerprint density at radius 1 is 0.973 bits per heavy atom. The first-order chi connectivity index (χ1) is 17.5. The summed E-state index contributed by atoms with van der Waals surface area (Å²) < 4.78 is 6.75. The van der Waals surface area contributed by atoms with E-state index in [1.807, 2.05) is 23.6 Å². The van der Waals surface area contributed by atoms with Crippen molar-refractivity contribution >= 4 is 58.2 Å². The van der Waals surface area contributed by atoms with Crippen LogP contribution in [0.25, 0.3) is 10.8 Å². The molecule has 0 radical (unpaired) electrons. The second-order valence-electron chi connectivity index (χ2n) is 7.34. The molecular weight excluding hydrogens is 552 g/mol. The monoisotopic (exact) mass is 574 g/mol. The molecule has 37 heavy (non-hydrogen) atoms. The van der Waals surface area contributed by atoms with Crippen LogP contribution >= 0.6 is 34.3 Å². The Kier molecular flexibility index (Phi) is 11.6. The SMILES string of the molecule is CC(c1nnc(-c2cccs2)o1)N1CCN(Cc2ccc(Cl)s2)CC1.O=C(O)C(=O)O.O=C(O)C(=O)O. The molecule has 1 unspecified atom stereocenters. The Bertz CT molecular complexity index is 1140. The number of carboxylic acids is 4. The second-order valence-corrected chi connectivity index (χ2v) is 10.1. The van der Waals surface area contributed by atoms with Crippen LogP contribution in [0.15, 0.2) is 34.1 Å². The van der Waals surface area contributed by atoms with E-state index in [2.05, 4.69) is 33.0 Å². The van der Waals surface area contributed by atoms with Crippen LogP contribution in [0.2, 0.25) is 4.34 Å². The molecule has 1 fully saturated rings. The van der Waals surface area contributed by atoms with E-state index in [1.54, 1.807) is 22.7 Å². The molecule has 1 aliphatic rings. The smallest absolute Gasteiger partial charge is 0.414 e. The molecule has 200 valence electrons. The second kappa shape index (κ2) is 14.4. The van der Waals surface area contributed by atoms with E-state index in [-0.39, 0.29) is 6.04 Å². The minimum Gasteiger partial charge on any atom is -0.473 e. The lowest BCUT2D eigenvalue weighted by molar-refractivity contribution is -0.159. The Hall–Kier alpha value is -3.37. The average molecular weight is 575 g/mol. The number of carboxylic acid groups (broad SMARTS) is 4. The van der Waals surface area contributed by atoms with Crippen LogP contribution in [0.5, 0.6) is 0 Å². The van der Waals surface area contributed by atoms with Crippen molar-refractivity contribution in [3.8, 4) is 10.8 Å². The Balaban J connectivity index is 0.000000336. The molecule has 4 heterocycles. The van der Waals surface area contributed by atoms with Crippen LogP contribution in [-0.4, -0.2) is 90.5 Å². The molecule has 0 aromatic carbocycles. The van der Waals surface area contributed by atoms with Gasteiger partial charge in [-0.05, 0) is 30.5 Å². The van der Waals surface area contributed by atoms with Gasteiger partial charge in [0.1, 0.15) is 0 Å². The summed E-state index contributed by atoms with van der Waals surface area (Å²) in [6.07, 6.45) is 0. The van der Waals surface area contributed by atoms with E-state index in [9.17, 15) is 0 Å². The number of hydrogen-bond donors (Lipinski definition) is 4. The fourth-order valence-corrected chi connectivity index (χ4v) is 4.80. The van der Waals surface area contributed by atoms with Crippen molar-refractivity contribution in [1.82, 2.24) is 20.0 Å². The van der Waals surface area contributed by atoms with E-state index in [4.69, 9.17) is 55.6 Å². The van der Waals surface area contributed by atoms with Crippen molar-refractivity contribution in [3.05, 3.63) is 44.7 Å². The Morgan fingerprint density at radius 2 is 1.57 bits per heavy atom. The predicted molar refractivity (Wildman–Crippen MR) is 133 cm³/mol. The van der Waals surface area contributed by atoms with Crippen molar-refractivity contribution in [2.24, 2.45) is 0 Å². The lowest BCUT2D eigenvalue weighted by Gasteiger charge is -2.36. The number of carbonyl (C=O) groups is 4. The van der Waals surface area contributed by atoms with Gasteiger partial charge >= 0.3 is 23.9 Å². The van der Waals surface area contributed by atoms with Gasteiger partial charge in [0.2, 0.25) is 5.89 Å². The van der Waals surface area contributed by atoms with Gasteiger partial charge in [-0.2, -0.15) is 0 Å². The molecule has 0 aliphatic carbocycles. The zero-order chi connectivity index (χ0) is 27.5. The van der Waals surface area contributed by atoms with E-state index < -0.39 is 23.9 Å². The number of rotatable bonds is 5. The molecule has 1 saturated heterocycles. The average Bonchev–Trinajstić information content (AvgIpc) is 3.62. The summed E-state index contributed by atoms with van der Waals surface area (Å²) >= 11 is 9.30. The number of halogens is 1. The molecule has 4 rings (SSSR count). The standard InChI is InChI=1S/C17H19ClN4OS2.2C2H2O4/c1-12(16-19-20-17(23-16)14-3-2-10-24-14)22-8-6-21(7-9-22)11-13-4-5-15(18)25-13;2*3-1(4)2(5)6/h2-5,10,12H,6-9,11H2,1H3;2*(H,3,4)(H,5,6). The first kappa shape index (κ1) is 29.9. The number of nitrogens with zero attached hydrogens (tertiary/aromatic N) is 4. The number of hydrogen-bond acceptors (Lipinski definition) is 11. The summed E-state index contributed by atoms with van der Waals surface area (Å²) in [7, 11) is 0. The van der Waals surface area contributed by atoms with Crippen molar-refractivity contribution in [2.75, 3.05) is 26.2 Å². The first-order valence-electron chi connectivity index (χ1n) is 10.5. The molecule has 16 heteroatoms. The van der Waals surface area contributed by atoms with E-state index in [0.717, 1.165) is 41.9 Å². The summed E-state index contributed by atoms with van der Waals surface area (Å²) in [5.74, 6) is -5.98. The van der Waals surface area contributed by atoms with Gasteiger partial charge in [-0.3, -0.25) is 9.80 Å². The largest absolute Gasteiger partial charge is 0.473 e. The Labute approximate surface area is 223 Å². The van der Waals surface area contributed by atoms with Crippen molar-refractivity contribution in [3.63, 3.8) is 0 Å². The third-order valence-corrected chi connectivity index (χ3v) is 6.93. The minimum atomic E-state index is -1.82. The molecule has 0 bridgehead atoms. The van der Waals surface area contributed by atoms with Gasteiger partial charge in [-0.25, -0.2) is 19.2 Å². The van der Waals surface area contributed by atoms with Gasteiger partial charge in [0.15, 0.2) is 0 Å². The summed E-state index contributed by atoms with van der Waals surface area (Å²) in [5.41, 5.74) is 0. The molecular formula is C21H23ClN4O9S2. The highest BCUT2D eigenvalue weighted by Gasteiger charge is 2.26. The van der Waals surface area contributed by atoms with Crippen molar-refractivity contribution < 1.29 is 44.0 Å². The van der Waals surface area contributed by atoms with Crippen molar-refractivity contribution in [2.45, 2.75) is 19.5 Å². The van der Waals surface area contributed by atoms with Gasteiger partial charge in [0, 0.05) is 37.6 Å². The summed E-state index contributed by atoms with van der Waals surface area (Å²) in [4.78, 5) is 43.6. The number of piperazine rings is 1. The van der Waals surface area contributed by atoms with Crippen LogP contribution in [0.4, 0.5) is 0 Å². The number of thiophene rings is 2. The third-order valence-electron chi connectivity index (χ3n) is 4.86. The molecule has 1 atom stereocenters. The topological polar surface area (TPSA) is 195 Å². The number of aromatic nitrogens is 2. The van der Waals surface area contributed by atoms with Gasteiger partial charge in [0.25, 0.3) is 5.89 Å². The normalized spacial score (nSPS) is 14.4. The maximum atomic E-state index is 9.10. The summed E-state index contributed by atoms with van der Waals surface area (Å²) in [5, 5.41) is 40.0. The molecule has 0 amide bonds. The lowest BCUT2D eigenvalue weighted by atomic mass is 10.2. The molecule has 3 aromatic heterocycles. The zero-order valence-electron chi connectivity index (χ0n) is 19.3. The maximum absolute atomic E-state index is 9.10. The Morgan fingerprint density at radius 3 is 2.03 bits per heavy atom. The molecule has 0 saturated carbocycles. The van der Waals surface area contributed by atoms with Crippen LogP contribution in [0.3, 0.4) is 0 Å². The van der Waals surface area contributed by atoms with Crippen LogP contribution in [-0.2, 0) is 25.7 Å². The fraction of sp³-hybridized carbons (Fsp3) is 0.333. The fourth-order valence-electron chi connectivity index (χ4n) is 3.03. The van der Waals surface area contributed by atoms with Gasteiger partial charge in [0.05, 0.1) is 15.3 Å². The number of aliphatic carboxylic acids is 4. The molecule has 0 spiro atoms. The third kappa shape index (κ3) is 9.89. The molecule has 4 N–H and O–H groups in total. The van der Waals surface area contributed by atoms with Crippen molar-refractivity contribution in [1.29, 1.82) is 0 Å². The minimum absolute atomic E-state index is 0.138. The van der Waals surface area contributed by atoms with Crippen LogP contribution in [0.1, 0.15) is 23.7 Å². The highest BCUT2D eigenvalue weighted by molar-refractivity contribution is 7.16. The quantitative estimate of drug-likeness (QED) is 0.325. The highest BCUT2D eigenvalue weighted by Crippen LogP contribution is 2.28. The molecule has 3 aromatic rings. The molecule has 13 nitrogen and oxygen atoms in total. The predicted octanol–water partition coefficient (Wildman–Crippen LogP) is 2.70. The summed E-state index contributed by atoms with van der Waals surface area (Å²) in [6, 6.07) is 8.22. The highest BCUT2D eigenvalue weighted by atomic mass is 35.5. The molecule has 1 aliphatic heterocycles. The first-order valence-corrected chi connectivity index (χ1v) is 12.6. The lowest BCUT2D eigenvalue weighted by Crippen LogP contribution is -2.46. The van der Waals surface area contributed by atoms with E-state index in [1.165, 1.54) is 4.88 Å². The van der Waals surface area contributed by atoms with Gasteiger partial charge in [-0.15, -0.1) is 32.9 Å². The summed E-state index contributed by atoms with van der Waals surface area (Å²) in [6.45, 7) is 7.18.